The molecule has 172 valence electrons. The monoisotopic (exact) mass is 460 g/mol. The molecule has 0 saturated heterocycles. The number of aryl methyl sites for hydroxylation is 1. The van der Waals surface area contributed by atoms with E-state index in [2.05, 4.69) is 20.2 Å². The molecular weight excluding hydrogens is 438 g/mol. The van der Waals surface area contributed by atoms with Crippen molar-refractivity contribution in [3.05, 3.63) is 72.9 Å². The van der Waals surface area contributed by atoms with Crippen LogP contribution in [0.25, 0.3) is 44.5 Å². The Kier molecular flexibility index (Phi) is 5.62. The lowest BCUT2D eigenvalue weighted by molar-refractivity contribution is 0.122. The van der Waals surface area contributed by atoms with Gasteiger partial charge in [-0.1, -0.05) is 30.3 Å². The molecule has 5 aromatic rings. The van der Waals surface area contributed by atoms with Crippen LogP contribution in [0.3, 0.4) is 0 Å². The van der Waals surface area contributed by atoms with Gasteiger partial charge in [-0.3, -0.25) is 9.36 Å². The largest absolute Gasteiger partial charge is 0.389 e. The van der Waals surface area contributed by atoms with E-state index in [0.717, 1.165) is 16.7 Å². The molecule has 1 atom stereocenters. The van der Waals surface area contributed by atoms with E-state index in [1.165, 1.54) is 11.0 Å². The number of aromatic nitrogens is 6. The first kappa shape index (κ1) is 21.8. The Bertz CT molecular complexity index is 1460. The van der Waals surface area contributed by atoms with Gasteiger partial charge in [-0.25, -0.2) is 18.7 Å². The molecule has 5 rings (SSSR count). The molecule has 0 aliphatic rings. The molecule has 0 aliphatic carbocycles. The predicted molar refractivity (Wildman–Crippen MR) is 125 cm³/mol. The third kappa shape index (κ3) is 4.06. The molecule has 9 heteroatoms. The van der Waals surface area contributed by atoms with Crippen LogP contribution in [0.1, 0.15) is 18.6 Å². The first-order valence-electron chi connectivity index (χ1n) is 10.8. The third-order valence-corrected chi connectivity index (χ3v) is 5.66. The van der Waals surface area contributed by atoms with Crippen LogP contribution < -0.4 is 0 Å². The smallest absolute Gasteiger partial charge is 0.257 e. The fourth-order valence-electron chi connectivity index (χ4n) is 4.13. The highest BCUT2D eigenvalue weighted by Gasteiger charge is 2.21. The van der Waals surface area contributed by atoms with Gasteiger partial charge < -0.3 is 5.11 Å². The highest BCUT2D eigenvalue weighted by atomic mass is 19.3. The lowest BCUT2D eigenvalue weighted by atomic mass is 9.94. The lowest BCUT2D eigenvalue weighted by Crippen LogP contribution is -2.06. The minimum absolute atomic E-state index is 0.521. The molecule has 0 aliphatic heterocycles. The van der Waals surface area contributed by atoms with E-state index in [4.69, 9.17) is 0 Å². The normalized spacial score (nSPS) is 12.5. The van der Waals surface area contributed by atoms with Crippen molar-refractivity contribution in [2.75, 3.05) is 0 Å². The molecule has 0 amide bonds. The van der Waals surface area contributed by atoms with Crippen molar-refractivity contribution < 1.29 is 13.9 Å². The zero-order valence-electron chi connectivity index (χ0n) is 18.6. The summed E-state index contributed by atoms with van der Waals surface area (Å²) in [5.74, 6) is 0. The third-order valence-electron chi connectivity index (χ3n) is 5.66. The van der Waals surface area contributed by atoms with Crippen molar-refractivity contribution in [3.63, 3.8) is 0 Å². The number of aliphatic hydroxyl groups excluding tert-OH is 1. The molecular formula is C25H22F2N6O. The average molecular weight is 460 g/mol. The van der Waals surface area contributed by atoms with Crippen molar-refractivity contribution in [1.82, 2.24) is 29.5 Å². The van der Waals surface area contributed by atoms with Gasteiger partial charge in [-0.05, 0) is 30.2 Å². The number of alkyl halides is 2. The topological polar surface area (TPSA) is 81.7 Å². The van der Waals surface area contributed by atoms with Gasteiger partial charge in [0.15, 0.2) is 0 Å². The van der Waals surface area contributed by atoms with E-state index in [-0.39, 0.29) is 0 Å². The summed E-state index contributed by atoms with van der Waals surface area (Å²) < 4.78 is 29.2. The molecule has 2 aromatic carbocycles. The van der Waals surface area contributed by atoms with Gasteiger partial charge in [-0.2, -0.15) is 10.2 Å². The fraction of sp³-hybridized carbons (Fsp3) is 0.200. The second-order valence-corrected chi connectivity index (χ2v) is 8.13. The summed E-state index contributed by atoms with van der Waals surface area (Å²) in [5, 5.41) is 19.9. The van der Waals surface area contributed by atoms with E-state index in [1.54, 1.807) is 24.0 Å². The summed E-state index contributed by atoms with van der Waals surface area (Å²) in [4.78, 5) is 8.96. The number of hydrogen-bond acceptors (Lipinski definition) is 5. The number of rotatable bonds is 6. The fourth-order valence-corrected chi connectivity index (χ4v) is 4.13. The summed E-state index contributed by atoms with van der Waals surface area (Å²) in [6, 6.07) is 13.1. The van der Waals surface area contributed by atoms with E-state index in [9.17, 15) is 13.9 Å². The number of aliphatic hydroxyl groups is 1. The van der Waals surface area contributed by atoms with E-state index < -0.39 is 19.1 Å². The van der Waals surface area contributed by atoms with Gasteiger partial charge in [0.05, 0.1) is 23.5 Å². The maximum Gasteiger partial charge on any atom is 0.257 e. The van der Waals surface area contributed by atoms with Crippen LogP contribution in [0.5, 0.6) is 0 Å². The second kappa shape index (κ2) is 8.75. The number of halogens is 2. The van der Waals surface area contributed by atoms with Crippen LogP contribution in [-0.2, 0) is 13.6 Å². The highest BCUT2D eigenvalue weighted by molar-refractivity contribution is 5.98. The molecule has 3 heterocycles. The SMILES string of the molecule is CC(O)c1cc2c(-c3cn(CC(F)F)nc3-c3ccccc3)ncnc2cc1-c1cnn(C)c1. The molecule has 0 bridgehead atoms. The van der Waals surface area contributed by atoms with E-state index >= 15 is 0 Å². The Labute approximate surface area is 194 Å². The Morgan fingerprint density at radius 2 is 1.76 bits per heavy atom. The predicted octanol–water partition coefficient (Wildman–Crippen LogP) is 4.88. The van der Waals surface area contributed by atoms with Crippen molar-refractivity contribution in [1.29, 1.82) is 0 Å². The first-order valence-corrected chi connectivity index (χ1v) is 10.8. The van der Waals surface area contributed by atoms with Crippen LogP contribution in [0.4, 0.5) is 8.78 Å². The molecule has 34 heavy (non-hydrogen) atoms. The quantitative estimate of drug-likeness (QED) is 0.391. The number of benzene rings is 2. The molecule has 0 radical (unpaired) electrons. The lowest BCUT2D eigenvalue weighted by Gasteiger charge is -2.14. The van der Waals surface area contributed by atoms with Crippen LogP contribution in [0, 0.1) is 0 Å². The highest BCUT2D eigenvalue weighted by Crippen LogP contribution is 2.37. The zero-order valence-corrected chi connectivity index (χ0v) is 18.6. The minimum Gasteiger partial charge on any atom is -0.389 e. The minimum atomic E-state index is -2.54. The molecule has 7 nitrogen and oxygen atoms in total. The zero-order chi connectivity index (χ0) is 23.8. The van der Waals surface area contributed by atoms with Crippen molar-refractivity contribution in [2.24, 2.45) is 7.05 Å². The first-order chi connectivity index (χ1) is 16.4. The Morgan fingerprint density at radius 3 is 2.44 bits per heavy atom. The van der Waals surface area contributed by atoms with Gasteiger partial charge in [0.1, 0.15) is 18.6 Å². The Hall–Kier alpha value is -3.98. The summed E-state index contributed by atoms with van der Waals surface area (Å²) in [5.41, 5.74) is 5.55. The van der Waals surface area contributed by atoms with Crippen LogP contribution >= 0.6 is 0 Å². The van der Waals surface area contributed by atoms with E-state index in [0.29, 0.717) is 33.4 Å². The standard InChI is InChI=1S/C25H22F2N6O/c1-15(34)18-8-20-22(9-19(18)17-10-30-32(2)11-17)28-14-29-25(20)21-12-33(13-23(26)27)31-24(21)16-6-4-3-5-7-16/h3-12,14-15,23,34H,13H2,1-2H3. The number of hydrogen-bond donors (Lipinski definition) is 1. The summed E-state index contributed by atoms with van der Waals surface area (Å²) in [6.07, 6.45) is 3.35. The van der Waals surface area contributed by atoms with Crippen LogP contribution in [0.15, 0.2) is 67.4 Å². The molecule has 0 saturated carbocycles. The van der Waals surface area contributed by atoms with Gasteiger partial charge in [-0.15, -0.1) is 0 Å². The van der Waals surface area contributed by atoms with Gasteiger partial charge in [0, 0.05) is 41.5 Å². The van der Waals surface area contributed by atoms with Crippen molar-refractivity contribution in [2.45, 2.75) is 26.0 Å². The van der Waals surface area contributed by atoms with Crippen LogP contribution in [-0.4, -0.2) is 41.1 Å². The molecule has 1 unspecified atom stereocenters. The summed E-state index contributed by atoms with van der Waals surface area (Å²) in [7, 11) is 1.83. The molecule has 3 aromatic heterocycles. The number of fused-ring (bicyclic) bond motifs is 1. The number of nitrogens with zero attached hydrogens (tertiary/aromatic N) is 6. The van der Waals surface area contributed by atoms with Crippen LogP contribution in [0.2, 0.25) is 0 Å². The molecule has 0 spiro atoms. The molecule has 1 N–H and O–H groups in total. The summed E-state index contributed by atoms with van der Waals surface area (Å²) in [6.45, 7) is 1.17. The summed E-state index contributed by atoms with van der Waals surface area (Å²) >= 11 is 0. The van der Waals surface area contributed by atoms with E-state index in [1.807, 2.05) is 55.7 Å². The average Bonchev–Trinajstić information content (AvgIpc) is 3.44. The van der Waals surface area contributed by atoms with Gasteiger partial charge >= 0.3 is 0 Å². The molecule has 0 fully saturated rings. The Morgan fingerprint density at radius 1 is 0.971 bits per heavy atom. The maximum atomic E-state index is 13.1. The van der Waals surface area contributed by atoms with Gasteiger partial charge in [0.2, 0.25) is 0 Å². The van der Waals surface area contributed by atoms with Crippen molar-refractivity contribution in [3.8, 4) is 33.6 Å². The second-order valence-electron chi connectivity index (χ2n) is 8.13. The maximum absolute atomic E-state index is 13.1. The Balaban J connectivity index is 1.75. The van der Waals surface area contributed by atoms with Gasteiger partial charge in [0.25, 0.3) is 6.43 Å². The van der Waals surface area contributed by atoms with Crippen molar-refractivity contribution >= 4 is 10.9 Å².